The van der Waals surface area contributed by atoms with Crippen molar-refractivity contribution in [2.45, 2.75) is 39.9 Å². The van der Waals surface area contributed by atoms with E-state index >= 15 is 0 Å². The van der Waals surface area contributed by atoms with Crippen LogP contribution in [0.4, 0.5) is 5.69 Å². The quantitative estimate of drug-likeness (QED) is 0.816. The predicted octanol–water partition coefficient (Wildman–Crippen LogP) is 3.43. The molecule has 1 aromatic carbocycles. The molecule has 0 atom stereocenters. The van der Waals surface area contributed by atoms with Crippen LogP contribution in [0.1, 0.15) is 33.3 Å². The van der Waals surface area contributed by atoms with Crippen LogP contribution in [-0.4, -0.2) is 12.1 Å². The summed E-state index contributed by atoms with van der Waals surface area (Å²) < 4.78 is 5.69. The molecule has 0 saturated heterocycles. The lowest BCUT2D eigenvalue weighted by Gasteiger charge is -2.19. The van der Waals surface area contributed by atoms with E-state index in [4.69, 9.17) is 4.74 Å². The van der Waals surface area contributed by atoms with Crippen LogP contribution in [0.3, 0.4) is 0 Å². The maximum absolute atomic E-state index is 5.69. The monoisotopic (exact) mass is 207 g/mol. The second kappa shape index (κ2) is 5.17. The van der Waals surface area contributed by atoms with Gasteiger partial charge in [-0.15, -0.1) is 0 Å². The Bertz CT molecular complexity index is 284. The molecule has 0 amide bonds. The SMILES string of the molecule is CCNc1ccc(COC(C)(C)C)cc1. The van der Waals surface area contributed by atoms with Gasteiger partial charge in [-0.2, -0.15) is 0 Å². The molecule has 0 unspecified atom stereocenters. The third-order valence-corrected chi connectivity index (χ3v) is 2.01. The third-order valence-electron chi connectivity index (χ3n) is 2.01. The summed E-state index contributed by atoms with van der Waals surface area (Å²) in [6.07, 6.45) is 0. The number of anilines is 1. The lowest BCUT2D eigenvalue weighted by molar-refractivity contribution is -0.0149. The van der Waals surface area contributed by atoms with Crippen molar-refractivity contribution in [2.75, 3.05) is 11.9 Å². The van der Waals surface area contributed by atoms with Gasteiger partial charge in [-0.3, -0.25) is 0 Å². The lowest BCUT2D eigenvalue weighted by atomic mass is 10.1. The van der Waals surface area contributed by atoms with Gasteiger partial charge in [0.05, 0.1) is 12.2 Å². The Morgan fingerprint density at radius 3 is 2.20 bits per heavy atom. The summed E-state index contributed by atoms with van der Waals surface area (Å²) in [5.41, 5.74) is 2.31. The lowest BCUT2D eigenvalue weighted by Crippen LogP contribution is -2.18. The van der Waals surface area contributed by atoms with Gasteiger partial charge in [0.2, 0.25) is 0 Å². The van der Waals surface area contributed by atoms with Crippen molar-refractivity contribution in [3.8, 4) is 0 Å². The smallest absolute Gasteiger partial charge is 0.0724 e. The van der Waals surface area contributed by atoms with E-state index in [1.807, 2.05) is 0 Å². The summed E-state index contributed by atoms with van der Waals surface area (Å²) in [6.45, 7) is 9.93. The van der Waals surface area contributed by atoms with Crippen LogP contribution in [0.25, 0.3) is 0 Å². The van der Waals surface area contributed by atoms with E-state index in [1.165, 1.54) is 5.56 Å². The molecule has 2 heteroatoms. The largest absolute Gasteiger partial charge is 0.385 e. The first-order valence-electron chi connectivity index (χ1n) is 5.48. The summed E-state index contributed by atoms with van der Waals surface area (Å²) >= 11 is 0. The second-order valence-corrected chi connectivity index (χ2v) is 4.63. The standard InChI is InChI=1S/C13H21NO/c1-5-14-12-8-6-11(7-9-12)10-15-13(2,3)4/h6-9,14H,5,10H2,1-4H3. The van der Waals surface area contributed by atoms with Crippen molar-refractivity contribution in [3.05, 3.63) is 29.8 Å². The summed E-state index contributed by atoms with van der Waals surface area (Å²) in [6, 6.07) is 8.38. The van der Waals surface area contributed by atoms with E-state index in [0.29, 0.717) is 6.61 Å². The first kappa shape index (κ1) is 12.1. The van der Waals surface area contributed by atoms with Crippen LogP contribution in [0, 0.1) is 0 Å². The normalized spacial score (nSPS) is 11.5. The van der Waals surface area contributed by atoms with Gasteiger partial charge in [-0.05, 0) is 45.4 Å². The molecule has 0 bridgehead atoms. The summed E-state index contributed by atoms with van der Waals surface area (Å²) in [4.78, 5) is 0. The first-order chi connectivity index (χ1) is 7.01. The van der Waals surface area contributed by atoms with Crippen LogP contribution in [0.5, 0.6) is 0 Å². The average molecular weight is 207 g/mol. The Morgan fingerprint density at radius 1 is 1.13 bits per heavy atom. The van der Waals surface area contributed by atoms with Crippen LogP contribution in [0.15, 0.2) is 24.3 Å². The molecule has 1 N–H and O–H groups in total. The van der Waals surface area contributed by atoms with E-state index in [1.54, 1.807) is 0 Å². The third kappa shape index (κ3) is 4.84. The molecule has 0 aliphatic heterocycles. The molecule has 0 radical (unpaired) electrons. The molecule has 1 aromatic rings. The highest BCUT2D eigenvalue weighted by Gasteiger charge is 2.09. The van der Waals surface area contributed by atoms with Gasteiger partial charge >= 0.3 is 0 Å². The van der Waals surface area contributed by atoms with Crippen LogP contribution in [0.2, 0.25) is 0 Å². The Morgan fingerprint density at radius 2 is 1.73 bits per heavy atom. The molecule has 0 fully saturated rings. The molecule has 2 nitrogen and oxygen atoms in total. The van der Waals surface area contributed by atoms with Crippen molar-refractivity contribution in [1.82, 2.24) is 0 Å². The van der Waals surface area contributed by atoms with Crippen LogP contribution >= 0.6 is 0 Å². The van der Waals surface area contributed by atoms with E-state index in [2.05, 4.69) is 57.3 Å². The van der Waals surface area contributed by atoms with E-state index in [0.717, 1.165) is 12.2 Å². The fourth-order valence-corrected chi connectivity index (χ4v) is 1.22. The van der Waals surface area contributed by atoms with E-state index in [9.17, 15) is 0 Å². The average Bonchev–Trinajstić information content (AvgIpc) is 2.16. The summed E-state index contributed by atoms with van der Waals surface area (Å²) in [7, 11) is 0. The Kier molecular flexibility index (Phi) is 4.15. The number of benzene rings is 1. The van der Waals surface area contributed by atoms with Crippen LogP contribution < -0.4 is 5.32 Å². The summed E-state index contributed by atoms with van der Waals surface area (Å²) in [5, 5.41) is 3.27. The topological polar surface area (TPSA) is 21.3 Å². The fourth-order valence-electron chi connectivity index (χ4n) is 1.22. The maximum Gasteiger partial charge on any atom is 0.0724 e. The summed E-state index contributed by atoms with van der Waals surface area (Å²) in [5.74, 6) is 0. The van der Waals surface area contributed by atoms with Gasteiger partial charge in [-0.1, -0.05) is 12.1 Å². The Labute approximate surface area is 92.6 Å². The molecule has 15 heavy (non-hydrogen) atoms. The van der Waals surface area contributed by atoms with E-state index < -0.39 is 0 Å². The van der Waals surface area contributed by atoms with Crippen molar-refractivity contribution < 1.29 is 4.74 Å². The highest BCUT2D eigenvalue weighted by Crippen LogP contribution is 2.14. The molecule has 0 aromatic heterocycles. The van der Waals surface area contributed by atoms with Crippen molar-refractivity contribution in [2.24, 2.45) is 0 Å². The van der Waals surface area contributed by atoms with Gasteiger partial charge in [0.25, 0.3) is 0 Å². The highest BCUT2D eigenvalue weighted by atomic mass is 16.5. The molecular weight excluding hydrogens is 186 g/mol. The predicted molar refractivity (Wildman–Crippen MR) is 65.1 cm³/mol. The highest BCUT2D eigenvalue weighted by molar-refractivity contribution is 5.44. The van der Waals surface area contributed by atoms with Gasteiger partial charge < -0.3 is 10.1 Å². The van der Waals surface area contributed by atoms with Crippen LogP contribution in [-0.2, 0) is 11.3 Å². The van der Waals surface area contributed by atoms with E-state index in [-0.39, 0.29) is 5.60 Å². The Balaban J connectivity index is 2.50. The minimum absolute atomic E-state index is 0.0691. The molecule has 0 heterocycles. The maximum atomic E-state index is 5.69. The zero-order valence-electron chi connectivity index (χ0n) is 10.1. The zero-order chi connectivity index (χ0) is 11.3. The first-order valence-corrected chi connectivity index (χ1v) is 5.48. The minimum Gasteiger partial charge on any atom is -0.385 e. The molecule has 0 aliphatic carbocycles. The molecule has 0 aliphatic rings. The van der Waals surface area contributed by atoms with Gasteiger partial charge in [0.1, 0.15) is 0 Å². The molecule has 1 rings (SSSR count). The molecular formula is C13H21NO. The van der Waals surface area contributed by atoms with Gasteiger partial charge in [0.15, 0.2) is 0 Å². The zero-order valence-corrected chi connectivity index (χ0v) is 10.1. The second-order valence-electron chi connectivity index (χ2n) is 4.63. The molecule has 0 saturated carbocycles. The number of nitrogens with one attached hydrogen (secondary N) is 1. The van der Waals surface area contributed by atoms with Crippen molar-refractivity contribution in [3.63, 3.8) is 0 Å². The Hall–Kier alpha value is -1.02. The fraction of sp³-hybridized carbons (Fsp3) is 0.538. The number of hydrogen-bond donors (Lipinski definition) is 1. The molecule has 84 valence electrons. The molecule has 0 spiro atoms. The number of ether oxygens (including phenoxy) is 1. The number of rotatable bonds is 4. The van der Waals surface area contributed by atoms with Gasteiger partial charge in [0, 0.05) is 12.2 Å². The van der Waals surface area contributed by atoms with Crippen molar-refractivity contribution >= 4 is 5.69 Å². The van der Waals surface area contributed by atoms with Crippen molar-refractivity contribution in [1.29, 1.82) is 0 Å². The minimum atomic E-state index is -0.0691. The van der Waals surface area contributed by atoms with Gasteiger partial charge in [-0.25, -0.2) is 0 Å². The number of hydrogen-bond acceptors (Lipinski definition) is 2.